The molecule has 0 radical (unpaired) electrons. The summed E-state index contributed by atoms with van der Waals surface area (Å²) in [6.45, 7) is 3.34. The molecular weight excluding hydrogens is 266 g/mol. The van der Waals surface area contributed by atoms with Crippen molar-refractivity contribution in [2.24, 2.45) is 5.92 Å². The third kappa shape index (κ3) is 3.71. The summed E-state index contributed by atoms with van der Waals surface area (Å²) >= 11 is 0. The quantitative estimate of drug-likeness (QED) is 0.853. The maximum atomic E-state index is 12.3. The molecule has 0 N–H and O–H groups in total. The number of carbonyl (C=O) groups is 1. The lowest BCUT2D eigenvalue weighted by molar-refractivity contribution is -0.131. The van der Waals surface area contributed by atoms with Crippen LogP contribution in [0, 0.1) is 12.8 Å². The SMILES string of the molecule is Cc1nccc(O[C@H]2CCN(C(=O)CC3CCCC3)C2)n1. The molecule has 1 aliphatic heterocycles. The number of amides is 1. The van der Waals surface area contributed by atoms with E-state index in [0.29, 0.717) is 30.1 Å². The van der Waals surface area contributed by atoms with Crippen LogP contribution in [0.1, 0.15) is 44.3 Å². The molecular formula is C16H23N3O2. The Labute approximate surface area is 125 Å². The highest BCUT2D eigenvalue weighted by molar-refractivity contribution is 5.76. The van der Waals surface area contributed by atoms with Gasteiger partial charge in [0.15, 0.2) is 0 Å². The maximum absolute atomic E-state index is 12.3. The number of carbonyl (C=O) groups excluding carboxylic acids is 1. The van der Waals surface area contributed by atoms with E-state index >= 15 is 0 Å². The Morgan fingerprint density at radius 2 is 2.19 bits per heavy atom. The molecule has 2 aliphatic rings. The lowest BCUT2D eigenvalue weighted by Crippen LogP contribution is -2.32. The smallest absolute Gasteiger partial charge is 0.222 e. The van der Waals surface area contributed by atoms with Gasteiger partial charge in [-0.2, -0.15) is 4.98 Å². The Morgan fingerprint density at radius 3 is 2.95 bits per heavy atom. The summed E-state index contributed by atoms with van der Waals surface area (Å²) in [4.78, 5) is 22.6. The van der Waals surface area contributed by atoms with Crippen LogP contribution in [0.4, 0.5) is 0 Å². The van der Waals surface area contributed by atoms with Gasteiger partial charge in [0.1, 0.15) is 11.9 Å². The van der Waals surface area contributed by atoms with E-state index in [2.05, 4.69) is 9.97 Å². The third-order valence-electron chi connectivity index (χ3n) is 4.47. The van der Waals surface area contributed by atoms with Crippen molar-refractivity contribution in [2.75, 3.05) is 13.1 Å². The predicted molar refractivity (Wildman–Crippen MR) is 79.0 cm³/mol. The molecule has 114 valence electrons. The van der Waals surface area contributed by atoms with Crippen molar-refractivity contribution in [2.45, 2.75) is 51.6 Å². The highest BCUT2D eigenvalue weighted by Crippen LogP contribution is 2.28. The van der Waals surface area contributed by atoms with E-state index in [0.717, 1.165) is 19.4 Å². The summed E-state index contributed by atoms with van der Waals surface area (Å²) in [6.07, 6.45) is 8.40. The second kappa shape index (κ2) is 6.41. The van der Waals surface area contributed by atoms with E-state index in [1.54, 1.807) is 12.3 Å². The van der Waals surface area contributed by atoms with Gasteiger partial charge in [0.2, 0.25) is 11.8 Å². The molecule has 1 atom stereocenters. The lowest BCUT2D eigenvalue weighted by Gasteiger charge is -2.19. The highest BCUT2D eigenvalue weighted by atomic mass is 16.5. The van der Waals surface area contributed by atoms with Crippen LogP contribution >= 0.6 is 0 Å². The Bertz CT molecular complexity index is 500. The molecule has 1 aromatic rings. The van der Waals surface area contributed by atoms with Crippen LogP contribution in [-0.2, 0) is 4.79 Å². The minimum atomic E-state index is 0.0619. The fraction of sp³-hybridized carbons (Fsp3) is 0.688. The van der Waals surface area contributed by atoms with Crippen LogP contribution in [0.15, 0.2) is 12.3 Å². The van der Waals surface area contributed by atoms with Gasteiger partial charge in [-0.15, -0.1) is 0 Å². The summed E-state index contributed by atoms with van der Waals surface area (Å²) in [6, 6.07) is 1.77. The fourth-order valence-electron chi connectivity index (χ4n) is 3.31. The van der Waals surface area contributed by atoms with Gasteiger partial charge >= 0.3 is 0 Å². The Balaban J connectivity index is 1.49. The van der Waals surface area contributed by atoms with E-state index in [1.165, 1.54) is 25.7 Å². The van der Waals surface area contributed by atoms with Crippen molar-refractivity contribution in [1.82, 2.24) is 14.9 Å². The van der Waals surface area contributed by atoms with Crippen LogP contribution in [0.2, 0.25) is 0 Å². The van der Waals surface area contributed by atoms with E-state index in [4.69, 9.17) is 4.74 Å². The molecule has 2 fully saturated rings. The molecule has 1 saturated carbocycles. The third-order valence-corrected chi connectivity index (χ3v) is 4.47. The predicted octanol–water partition coefficient (Wildman–Crippen LogP) is 2.35. The molecule has 3 rings (SSSR count). The second-order valence-electron chi connectivity index (χ2n) is 6.16. The van der Waals surface area contributed by atoms with E-state index in [9.17, 15) is 4.79 Å². The minimum Gasteiger partial charge on any atom is -0.472 e. The molecule has 1 amide bonds. The molecule has 1 aliphatic carbocycles. The molecule has 1 aromatic heterocycles. The largest absolute Gasteiger partial charge is 0.472 e. The van der Waals surface area contributed by atoms with E-state index < -0.39 is 0 Å². The Hall–Kier alpha value is -1.65. The van der Waals surface area contributed by atoms with Gasteiger partial charge in [0.05, 0.1) is 6.54 Å². The molecule has 5 nitrogen and oxygen atoms in total. The van der Waals surface area contributed by atoms with Crippen molar-refractivity contribution in [1.29, 1.82) is 0 Å². The summed E-state index contributed by atoms with van der Waals surface area (Å²) < 4.78 is 5.86. The fourth-order valence-corrected chi connectivity index (χ4v) is 3.31. The molecule has 0 bridgehead atoms. The van der Waals surface area contributed by atoms with Crippen molar-refractivity contribution in [3.8, 4) is 5.88 Å². The van der Waals surface area contributed by atoms with Crippen LogP contribution < -0.4 is 4.74 Å². The first kappa shape index (κ1) is 14.3. The molecule has 5 heteroatoms. The van der Waals surface area contributed by atoms with E-state index in [-0.39, 0.29) is 6.10 Å². The zero-order valence-electron chi connectivity index (χ0n) is 12.6. The first-order chi connectivity index (χ1) is 10.2. The second-order valence-corrected chi connectivity index (χ2v) is 6.16. The summed E-state index contributed by atoms with van der Waals surface area (Å²) in [5, 5.41) is 0. The number of rotatable bonds is 4. The van der Waals surface area contributed by atoms with Gasteiger partial charge in [-0.05, 0) is 25.7 Å². The monoisotopic (exact) mass is 289 g/mol. The maximum Gasteiger partial charge on any atom is 0.222 e. The molecule has 0 spiro atoms. The normalized spacial score (nSPS) is 22.7. The van der Waals surface area contributed by atoms with Gasteiger partial charge in [-0.3, -0.25) is 4.79 Å². The lowest BCUT2D eigenvalue weighted by atomic mass is 10.0. The number of nitrogens with zero attached hydrogens (tertiary/aromatic N) is 3. The minimum absolute atomic E-state index is 0.0619. The number of aromatic nitrogens is 2. The van der Waals surface area contributed by atoms with E-state index in [1.807, 2.05) is 11.8 Å². The molecule has 0 unspecified atom stereocenters. The Kier molecular flexibility index (Phi) is 4.36. The summed E-state index contributed by atoms with van der Waals surface area (Å²) in [5.41, 5.74) is 0. The average molecular weight is 289 g/mol. The number of ether oxygens (including phenoxy) is 1. The van der Waals surface area contributed by atoms with Crippen molar-refractivity contribution >= 4 is 5.91 Å². The van der Waals surface area contributed by atoms with Gasteiger partial charge in [-0.1, -0.05) is 12.8 Å². The number of hydrogen-bond acceptors (Lipinski definition) is 4. The molecule has 21 heavy (non-hydrogen) atoms. The van der Waals surface area contributed by atoms with Crippen LogP contribution in [0.3, 0.4) is 0 Å². The zero-order valence-corrected chi connectivity index (χ0v) is 12.6. The summed E-state index contributed by atoms with van der Waals surface area (Å²) in [5.74, 6) is 2.23. The highest BCUT2D eigenvalue weighted by Gasteiger charge is 2.29. The first-order valence-electron chi connectivity index (χ1n) is 7.95. The average Bonchev–Trinajstić information content (AvgIpc) is 3.10. The van der Waals surface area contributed by atoms with Crippen LogP contribution in [-0.4, -0.2) is 40.0 Å². The zero-order chi connectivity index (χ0) is 14.7. The van der Waals surface area contributed by atoms with Crippen LogP contribution in [0.25, 0.3) is 0 Å². The van der Waals surface area contributed by atoms with Gasteiger partial charge in [0.25, 0.3) is 0 Å². The van der Waals surface area contributed by atoms with Crippen molar-refractivity contribution in [3.63, 3.8) is 0 Å². The summed E-state index contributed by atoms with van der Waals surface area (Å²) in [7, 11) is 0. The van der Waals surface area contributed by atoms with Crippen molar-refractivity contribution < 1.29 is 9.53 Å². The molecule has 1 saturated heterocycles. The molecule has 0 aromatic carbocycles. The topological polar surface area (TPSA) is 55.3 Å². The standard InChI is InChI=1S/C16H23N3O2/c1-12-17-8-6-15(18-12)21-14-7-9-19(11-14)16(20)10-13-4-2-3-5-13/h6,8,13-14H,2-5,7,9-11H2,1H3/t14-/m0/s1. The van der Waals surface area contributed by atoms with Crippen molar-refractivity contribution in [3.05, 3.63) is 18.1 Å². The van der Waals surface area contributed by atoms with Gasteiger partial charge in [-0.25, -0.2) is 4.98 Å². The van der Waals surface area contributed by atoms with Gasteiger partial charge < -0.3 is 9.64 Å². The molecule has 2 heterocycles. The number of hydrogen-bond donors (Lipinski definition) is 0. The Morgan fingerprint density at radius 1 is 1.38 bits per heavy atom. The first-order valence-corrected chi connectivity index (χ1v) is 7.95. The van der Waals surface area contributed by atoms with Crippen LogP contribution in [0.5, 0.6) is 5.88 Å². The number of aryl methyl sites for hydroxylation is 1. The number of likely N-dealkylation sites (tertiary alicyclic amines) is 1. The van der Waals surface area contributed by atoms with Gasteiger partial charge in [0, 0.05) is 31.6 Å².